The monoisotopic (exact) mass is 638 g/mol. The zero-order valence-corrected chi connectivity index (χ0v) is 27.0. The number of nitrogens with zero attached hydrogens (tertiary/aromatic N) is 3. The molecule has 11 N–H and O–H groups in total. The molecule has 15 nitrogen and oxygen atoms in total. The molecule has 15 heteroatoms. The Hall–Kier alpha value is -4.65. The fourth-order valence-electron chi connectivity index (χ4n) is 7.05. The Morgan fingerprint density at radius 2 is 1.72 bits per heavy atom. The van der Waals surface area contributed by atoms with Gasteiger partial charge in [-0.05, 0) is 44.0 Å². The fourth-order valence-corrected chi connectivity index (χ4v) is 7.05. The average Bonchev–Trinajstić information content (AvgIpc) is 2.89. The number of fused-ring (bicyclic) bond motifs is 3. The third-order valence-electron chi connectivity index (χ3n) is 9.01. The summed E-state index contributed by atoms with van der Waals surface area (Å²) in [5.74, 6) is -6.02. The Morgan fingerprint density at radius 1 is 1.11 bits per heavy atom. The molecule has 1 fully saturated rings. The maximum Gasteiger partial charge on any atom is 0.315 e. The number of nitrogens with two attached hydrogens (primary N) is 3. The molecule has 1 aromatic carbocycles. The number of aromatic hydroxyl groups is 1. The molecule has 0 aliphatic heterocycles. The number of nitriles is 1. The molecule has 46 heavy (non-hydrogen) atoms. The lowest BCUT2D eigenvalue weighted by Gasteiger charge is -2.58. The lowest BCUT2D eigenvalue weighted by atomic mass is 9.47. The SMILES string of the molecule is CN(C)c1cc(CNC(=O)NCC(C)(C)C)c(O)c2c1C[C@@]1(N)C[C@@]3(N)[C@H](N(C)C)C(=O)C(C(N)=O)=C(O)[C@@]3(C#N)C(=O)C1=C2O. The number of nitrogens with one attached hydrogen (secondary N) is 2. The van der Waals surface area contributed by atoms with Crippen molar-refractivity contribution >= 4 is 35.0 Å². The van der Waals surface area contributed by atoms with E-state index in [4.69, 9.17) is 17.2 Å². The second-order valence-electron chi connectivity index (χ2n) is 14.0. The first kappa shape index (κ1) is 34.2. The van der Waals surface area contributed by atoms with Crippen LogP contribution in [-0.2, 0) is 27.3 Å². The summed E-state index contributed by atoms with van der Waals surface area (Å²) in [6.45, 7) is 6.08. The Morgan fingerprint density at radius 3 is 2.22 bits per heavy atom. The van der Waals surface area contributed by atoms with Gasteiger partial charge < -0.3 is 48.1 Å². The van der Waals surface area contributed by atoms with Gasteiger partial charge in [-0.1, -0.05) is 20.8 Å². The molecular formula is C31H42N8O7. The van der Waals surface area contributed by atoms with Crippen LogP contribution in [0.4, 0.5) is 10.5 Å². The number of carbonyl (C=O) groups excluding carboxylic acids is 4. The second kappa shape index (κ2) is 11.0. The van der Waals surface area contributed by atoms with Gasteiger partial charge in [0.15, 0.2) is 17.0 Å². The number of anilines is 1. The number of phenolic OH excluding ortho intramolecular Hbond substituents is 1. The minimum atomic E-state index is -2.76. The normalized spacial score (nSPS) is 27.5. The number of ketones is 2. The molecule has 3 aliphatic rings. The van der Waals surface area contributed by atoms with E-state index < -0.39 is 80.9 Å². The topological polar surface area (TPSA) is 261 Å². The first-order valence-corrected chi connectivity index (χ1v) is 14.6. The van der Waals surface area contributed by atoms with Gasteiger partial charge in [0, 0.05) is 38.4 Å². The largest absolute Gasteiger partial charge is 0.509 e. The number of benzene rings is 1. The third kappa shape index (κ3) is 4.84. The van der Waals surface area contributed by atoms with Gasteiger partial charge >= 0.3 is 6.03 Å². The quantitative estimate of drug-likeness (QED) is 0.189. The Bertz CT molecular complexity index is 1670. The van der Waals surface area contributed by atoms with Gasteiger partial charge in [-0.15, -0.1) is 0 Å². The number of primary amides is 1. The molecule has 0 bridgehead atoms. The van der Waals surface area contributed by atoms with Gasteiger partial charge in [0.05, 0.1) is 34.3 Å². The maximum atomic E-state index is 14.6. The van der Waals surface area contributed by atoms with Crippen molar-refractivity contribution in [3.63, 3.8) is 0 Å². The zero-order chi connectivity index (χ0) is 34.9. The minimum Gasteiger partial charge on any atom is -0.509 e. The molecule has 0 spiro atoms. The molecule has 0 unspecified atom stereocenters. The first-order chi connectivity index (χ1) is 21.1. The van der Waals surface area contributed by atoms with Crippen molar-refractivity contribution < 1.29 is 34.5 Å². The number of hydrogen-bond donors (Lipinski definition) is 8. The number of carbonyl (C=O) groups is 4. The minimum absolute atomic E-state index is 0.158. The highest BCUT2D eigenvalue weighted by molar-refractivity contribution is 6.25. The highest BCUT2D eigenvalue weighted by atomic mass is 16.3. The number of Topliss-reactive ketones (excluding diaryl/α,β-unsaturated/α-hetero) is 2. The van der Waals surface area contributed by atoms with Crippen LogP contribution in [0, 0.1) is 22.2 Å². The number of amides is 3. The Kier molecular flexibility index (Phi) is 8.19. The third-order valence-corrected chi connectivity index (χ3v) is 9.01. The predicted octanol–water partition coefficient (Wildman–Crippen LogP) is -0.183. The van der Waals surface area contributed by atoms with Crippen molar-refractivity contribution in [1.82, 2.24) is 15.5 Å². The smallest absolute Gasteiger partial charge is 0.315 e. The average molecular weight is 639 g/mol. The number of aliphatic hydroxyl groups excluding tert-OH is 2. The molecule has 0 radical (unpaired) electrons. The van der Waals surface area contributed by atoms with Crippen LogP contribution in [0.1, 0.15) is 43.9 Å². The second-order valence-corrected chi connectivity index (χ2v) is 14.0. The number of rotatable bonds is 6. The molecule has 3 aliphatic carbocycles. The lowest BCUT2D eigenvalue weighted by Crippen LogP contribution is -2.80. The zero-order valence-electron chi connectivity index (χ0n) is 27.0. The first-order valence-electron chi connectivity index (χ1n) is 14.6. The standard InChI is InChI=1S/C31H42N8O7/c1-28(2,3)13-37-27(46)36-10-14-8-16(38(4)5)15-9-29(34)11-31(35)23(39(6)7)22(42)18(26(33)45)24(43)30(31,12-32)25(44)19(29)21(41)17(15)20(14)40/h8,23,40-41,43H,9-11,13,34-35H2,1-7H3,(H2,33,45)(H2,36,37,46)/t23-,29-,30+,31-/m1/s1. The maximum absolute atomic E-state index is 14.6. The molecule has 0 aromatic heterocycles. The van der Waals surface area contributed by atoms with Crippen molar-refractivity contribution in [2.75, 3.05) is 39.6 Å². The van der Waals surface area contributed by atoms with Crippen LogP contribution < -0.4 is 32.7 Å². The van der Waals surface area contributed by atoms with Crippen molar-refractivity contribution in [1.29, 1.82) is 5.26 Å². The number of likely N-dealkylation sites (N-methyl/N-ethyl adjacent to an activating group) is 1. The van der Waals surface area contributed by atoms with Crippen LogP contribution >= 0.6 is 0 Å². The van der Waals surface area contributed by atoms with Crippen LogP contribution in [0.5, 0.6) is 5.75 Å². The fraction of sp³-hybridized carbons (Fsp3) is 0.516. The summed E-state index contributed by atoms with van der Waals surface area (Å²) in [6.07, 6.45) is -0.663. The van der Waals surface area contributed by atoms with Gasteiger partial charge in [0.2, 0.25) is 0 Å². The van der Waals surface area contributed by atoms with E-state index in [1.807, 2.05) is 20.8 Å². The molecule has 1 saturated carbocycles. The van der Waals surface area contributed by atoms with E-state index in [9.17, 15) is 39.8 Å². The van der Waals surface area contributed by atoms with Gasteiger partial charge in [0.1, 0.15) is 22.8 Å². The summed E-state index contributed by atoms with van der Waals surface area (Å²) in [5.41, 5.74) is 11.7. The van der Waals surface area contributed by atoms with Crippen molar-refractivity contribution in [3.8, 4) is 11.8 Å². The number of aliphatic hydroxyl groups is 2. The van der Waals surface area contributed by atoms with E-state index in [2.05, 4.69) is 10.6 Å². The van der Waals surface area contributed by atoms with Crippen LogP contribution in [0.2, 0.25) is 0 Å². The van der Waals surface area contributed by atoms with Gasteiger partial charge in [-0.3, -0.25) is 19.3 Å². The van der Waals surface area contributed by atoms with Gasteiger partial charge in [-0.2, -0.15) is 5.26 Å². The van der Waals surface area contributed by atoms with Crippen molar-refractivity contribution in [2.24, 2.45) is 28.0 Å². The molecular weight excluding hydrogens is 596 g/mol. The van der Waals surface area contributed by atoms with Crippen LogP contribution in [0.15, 0.2) is 23.0 Å². The molecule has 4 rings (SSSR count). The highest BCUT2D eigenvalue weighted by Crippen LogP contribution is 2.59. The van der Waals surface area contributed by atoms with E-state index in [-0.39, 0.29) is 29.5 Å². The van der Waals surface area contributed by atoms with E-state index in [0.717, 1.165) is 0 Å². The molecule has 0 heterocycles. The van der Waals surface area contributed by atoms with Gasteiger partial charge in [0.25, 0.3) is 5.91 Å². The van der Waals surface area contributed by atoms with Crippen LogP contribution in [0.25, 0.3) is 5.76 Å². The Labute approximate surface area is 266 Å². The summed E-state index contributed by atoms with van der Waals surface area (Å²) in [5, 5.41) is 50.6. The van der Waals surface area contributed by atoms with Gasteiger partial charge in [-0.25, -0.2) is 4.79 Å². The summed E-state index contributed by atoms with van der Waals surface area (Å²) in [7, 11) is 6.33. The van der Waals surface area contributed by atoms with Crippen molar-refractivity contribution in [2.45, 2.75) is 57.3 Å². The number of hydrogen-bond acceptors (Lipinski definition) is 12. The van der Waals surface area contributed by atoms with E-state index in [1.165, 1.54) is 19.0 Å². The Balaban J connectivity index is 1.96. The van der Waals surface area contributed by atoms with E-state index in [0.29, 0.717) is 17.8 Å². The molecule has 248 valence electrons. The summed E-state index contributed by atoms with van der Waals surface area (Å²) in [6, 6.07) is 1.38. The molecule has 1 aromatic rings. The number of urea groups is 1. The van der Waals surface area contributed by atoms with E-state index in [1.54, 1.807) is 31.1 Å². The number of phenols is 1. The highest BCUT2D eigenvalue weighted by Gasteiger charge is 2.74. The summed E-state index contributed by atoms with van der Waals surface area (Å²) >= 11 is 0. The van der Waals surface area contributed by atoms with Crippen LogP contribution in [-0.4, -0.2) is 95.6 Å². The molecule has 0 saturated heterocycles. The van der Waals surface area contributed by atoms with Crippen molar-refractivity contribution in [3.05, 3.63) is 39.7 Å². The van der Waals surface area contributed by atoms with E-state index >= 15 is 0 Å². The molecule has 3 amide bonds. The lowest BCUT2D eigenvalue weighted by molar-refractivity contribution is -0.139. The van der Waals surface area contributed by atoms with Crippen LogP contribution in [0.3, 0.4) is 0 Å². The summed E-state index contributed by atoms with van der Waals surface area (Å²) in [4.78, 5) is 56.0. The molecule has 4 atom stereocenters. The summed E-state index contributed by atoms with van der Waals surface area (Å²) < 4.78 is 0. The predicted molar refractivity (Wildman–Crippen MR) is 168 cm³/mol.